The van der Waals surface area contributed by atoms with Crippen molar-refractivity contribution in [3.8, 4) is 5.69 Å². The molecule has 1 saturated heterocycles. The van der Waals surface area contributed by atoms with Crippen molar-refractivity contribution < 1.29 is 9.53 Å². The van der Waals surface area contributed by atoms with Gasteiger partial charge in [0, 0.05) is 28.7 Å². The second-order valence-electron chi connectivity index (χ2n) is 8.30. The highest BCUT2D eigenvalue weighted by Crippen LogP contribution is 2.37. The molecule has 0 unspecified atom stereocenters. The summed E-state index contributed by atoms with van der Waals surface area (Å²) in [5, 5.41) is 8.35. The van der Waals surface area contributed by atoms with Crippen LogP contribution in [0.5, 0.6) is 0 Å². The number of aromatic nitrogens is 2. The molecule has 1 aliphatic carbocycles. The largest absolute Gasteiger partial charge is 0.379 e. The lowest BCUT2D eigenvalue weighted by atomic mass is 9.89. The van der Waals surface area contributed by atoms with Gasteiger partial charge in [0.2, 0.25) is 0 Å². The highest BCUT2D eigenvalue weighted by Gasteiger charge is 2.30. The first-order chi connectivity index (χ1) is 16.5. The van der Waals surface area contributed by atoms with E-state index in [0.29, 0.717) is 52.8 Å². The number of allylic oxidation sites excluding steroid dienone is 1. The topological polar surface area (TPSA) is 59.4 Å². The van der Waals surface area contributed by atoms with Crippen molar-refractivity contribution in [2.75, 3.05) is 26.3 Å². The number of fused-ring (bicyclic) bond motifs is 1. The molecule has 2 aliphatic rings. The number of hydrazine groups is 1. The Morgan fingerprint density at radius 1 is 1.00 bits per heavy atom. The monoisotopic (exact) mass is 516 g/mol. The van der Waals surface area contributed by atoms with E-state index in [9.17, 15) is 4.79 Å². The van der Waals surface area contributed by atoms with Crippen molar-refractivity contribution in [2.45, 2.75) is 19.3 Å². The van der Waals surface area contributed by atoms with Crippen LogP contribution in [0.1, 0.15) is 40.2 Å². The number of nitrogens with one attached hydrogen (secondary N) is 1. The number of hydrogen-bond donors (Lipinski definition) is 1. The highest BCUT2D eigenvalue weighted by molar-refractivity contribution is 6.35. The van der Waals surface area contributed by atoms with Crippen molar-refractivity contribution in [3.05, 3.63) is 80.0 Å². The Hall–Kier alpha value is -2.35. The first-order valence-electron chi connectivity index (χ1n) is 11.2. The Balaban J connectivity index is 1.61. The SMILES string of the molecule is O=C(NN1CCOCC1)c1nn(-c2ccc(Cl)cc2Cl)c2c1CCC/C2=C\c1ccc(Cl)cc1. The number of hydrogen-bond acceptors (Lipinski definition) is 4. The molecule has 176 valence electrons. The van der Waals surface area contributed by atoms with Gasteiger partial charge in [-0.2, -0.15) is 5.10 Å². The zero-order valence-corrected chi connectivity index (χ0v) is 20.6. The van der Waals surface area contributed by atoms with Gasteiger partial charge in [0.05, 0.1) is 29.6 Å². The number of benzene rings is 2. The van der Waals surface area contributed by atoms with Gasteiger partial charge in [-0.3, -0.25) is 10.2 Å². The summed E-state index contributed by atoms with van der Waals surface area (Å²) < 4.78 is 7.17. The normalized spacial score (nSPS) is 17.6. The Bertz CT molecular complexity index is 1250. The van der Waals surface area contributed by atoms with Gasteiger partial charge < -0.3 is 4.74 Å². The molecule has 1 fully saturated rings. The Morgan fingerprint density at radius 2 is 1.74 bits per heavy atom. The molecule has 6 nitrogen and oxygen atoms in total. The van der Waals surface area contributed by atoms with Gasteiger partial charge in [-0.15, -0.1) is 0 Å². The number of morpholine rings is 1. The Labute approximate surface area is 213 Å². The lowest BCUT2D eigenvalue weighted by molar-refractivity contribution is 0.0124. The summed E-state index contributed by atoms with van der Waals surface area (Å²) in [6.45, 7) is 2.45. The predicted molar refractivity (Wildman–Crippen MR) is 136 cm³/mol. The lowest BCUT2D eigenvalue weighted by Gasteiger charge is -2.26. The number of amides is 1. The van der Waals surface area contributed by atoms with Crippen molar-refractivity contribution in [1.82, 2.24) is 20.2 Å². The van der Waals surface area contributed by atoms with Crippen LogP contribution in [0, 0.1) is 0 Å². The second-order valence-corrected chi connectivity index (χ2v) is 9.58. The fraction of sp³-hybridized carbons (Fsp3) is 0.280. The molecule has 0 spiro atoms. The van der Waals surface area contributed by atoms with Crippen LogP contribution < -0.4 is 5.43 Å². The smallest absolute Gasteiger partial charge is 0.286 e. The van der Waals surface area contributed by atoms with Crippen molar-refractivity contribution in [1.29, 1.82) is 0 Å². The maximum absolute atomic E-state index is 13.3. The van der Waals surface area contributed by atoms with E-state index < -0.39 is 0 Å². The number of nitrogens with zero attached hydrogens (tertiary/aromatic N) is 3. The van der Waals surface area contributed by atoms with Gasteiger partial charge in [0.15, 0.2) is 5.69 Å². The van der Waals surface area contributed by atoms with E-state index in [2.05, 4.69) is 11.5 Å². The second kappa shape index (κ2) is 10.1. The van der Waals surface area contributed by atoms with Crippen LogP contribution in [0.25, 0.3) is 17.3 Å². The number of halogens is 3. The third-order valence-electron chi connectivity index (χ3n) is 6.00. The molecule has 0 radical (unpaired) electrons. The van der Waals surface area contributed by atoms with Gasteiger partial charge in [-0.25, -0.2) is 9.69 Å². The highest BCUT2D eigenvalue weighted by atomic mass is 35.5. The van der Waals surface area contributed by atoms with E-state index >= 15 is 0 Å². The van der Waals surface area contributed by atoms with Crippen molar-refractivity contribution in [2.24, 2.45) is 0 Å². The third kappa shape index (κ3) is 4.88. The molecule has 0 saturated carbocycles. The van der Waals surface area contributed by atoms with Gasteiger partial charge in [-0.1, -0.05) is 46.9 Å². The average Bonchev–Trinajstić information content (AvgIpc) is 3.22. The van der Waals surface area contributed by atoms with E-state index in [0.717, 1.165) is 41.7 Å². The molecule has 5 rings (SSSR count). The van der Waals surface area contributed by atoms with Crippen LogP contribution >= 0.6 is 34.8 Å². The van der Waals surface area contributed by atoms with Gasteiger partial charge >= 0.3 is 0 Å². The fourth-order valence-corrected chi connectivity index (χ4v) is 4.99. The summed E-state index contributed by atoms with van der Waals surface area (Å²) in [7, 11) is 0. The third-order valence-corrected chi connectivity index (χ3v) is 6.78. The summed E-state index contributed by atoms with van der Waals surface area (Å²) >= 11 is 18.8. The molecule has 1 aromatic heterocycles. The first kappa shape index (κ1) is 23.4. The summed E-state index contributed by atoms with van der Waals surface area (Å²) in [6.07, 6.45) is 4.66. The minimum absolute atomic E-state index is 0.227. The zero-order valence-electron chi connectivity index (χ0n) is 18.4. The molecule has 2 aromatic carbocycles. The Morgan fingerprint density at radius 3 is 2.47 bits per heavy atom. The predicted octanol–water partition coefficient (Wildman–Crippen LogP) is 5.69. The number of ether oxygens (including phenoxy) is 1. The lowest BCUT2D eigenvalue weighted by Crippen LogP contribution is -2.48. The van der Waals surface area contributed by atoms with E-state index in [1.165, 1.54) is 0 Å². The van der Waals surface area contributed by atoms with Crippen molar-refractivity contribution in [3.63, 3.8) is 0 Å². The molecule has 1 aliphatic heterocycles. The quantitative estimate of drug-likeness (QED) is 0.483. The zero-order chi connectivity index (χ0) is 23.7. The molecule has 1 amide bonds. The molecular formula is C25H23Cl3N4O2. The summed E-state index contributed by atoms with van der Waals surface area (Å²) in [4.78, 5) is 13.3. The minimum atomic E-state index is -0.227. The summed E-state index contributed by atoms with van der Waals surface area (Å²) in [5.74, 6) is -0.227. The van der Waals surface area contributed by atoms with Gasteiger partial charge in [0.25, 0.3) is 5.91 Å². The van der Waals surface area contributed by atoms with E-state index in [-0.39, 0.29) is 5.91 Å². The van der Waals surface area contributed by atoms with Crippen molar-refractivity contribution >= 4 is 52.4 Å². The molecule has 0 atom stereocenters. The molecule has 3 aromatic rings. The summed E-state index contributed by atoms with van der Waals surface area (Å²) in [6, 6.07) is 13.0. The van der Waals surface area contributed by atoms with Gasteiger partial charge in [0.1, 0.15) is 0 Å². The minimum Gasteiger partial charge on any atom is -0.379 e. The molecular weight excluding hydrogens is 495 g/mol. The average molecular weight is 518 g/mol. The van der Waals surface area contributed by atoms with Crippen LogP contribution in [-0.4, -0.2) is 47.0 Å². The maximum Gasteiger partial charge on any atom is 0.286 e. The first-order valence-corrected chi connectivity index (χ1v) is 12.3. The summed E-state index contributed by atoms with van der Waals surface area (Å²) in [5.41, 5.74) is 8.02. The number of carbonyl (C=O) groups is 1. The van der Waals surface area contributed by atoms with E-state index in [1.54, 1.807) is 16.8 Å². The van der Waals surface area contributed by atoms with Crippen LogP contribution in [0.2, 0.25) is 15.1 Å². The van der Waals surface area contributed by atoms with E-state index in [4.69, 9.17) is 44.6 Å². The van der Waals surface area contributed by atoms with Crippen LogP contribution in [0.4, 0.5) is 0 Å². The molecule has 1 N–H and O–H groups in total. The molecule has 0 bridgehead atoms. The van der Waals surface area contributed by atoms with Crippen LogP contribution in [0.3, 0.4) is 0 Å². The van der Waals surface area contributed by atoms with Crippen LogP contribution in [0.15, 0.2) is 42.5 Å². The molecule has 34 heavy (non-hydrogen) atoms. The maximum atomic E-state index is 13.3. The Kier molecular flexibility index (Phi) is 6.95. The van der Waals surface area contributed by atoms with E-state index in [1.807, 2.05) is 35.3 Å². The molecule has 2 heterocycles. The molecule has 9 heteroatoms. The van der Waals surface area contributed by atoms with Gasteiger partial charge in [-0.05, 0) is 66.8 Å². The number of rotatable bonds is 4. The number of carbonyl (C=O) groups excluding carboxylic acids is 1. The van der Waals surface area contributed by atoms with Crippen LogP contribution in [-0.2, 0) is 11.2 Å². The standard InChI is InChI=1S/C25H23Cl3N4O2/c26-18-6-4-16(5-7-18)14-17-2-1-3-20-23(25(33)30-31-10-12-34-13-11-31)29-32(24(17)20)22-9-8-19(27)15-21(22)28/h4-9,14-15H,1-3,10-13H2,(H,30,33)/b17-14+. The fourth-order valence-electron chi connectivity index (χ4n) is 4.37.